The van der Waals surface area contributed by atoms with Crippen molar-refractivity contribution in [1.82, 2.24) is 4.90 Å². The largest absolute Gasteiger partial charge is 0.496 e. The second-order valence-corrected chi connectivity index (χ2v) is 8.10. The number of carbonyl (C=O) groups is 1. The summed E-state index contributed by atoms with van der Waals surface area (Å²) in [4.78, 5) is 14.0. The van der Waals surface area contributed by atoms with Gasteiger partial charge in [-0.2, -0.15) is 13.2 Å². The van der Waals surface area contributed by atoms with E-state index in [1.54, 1.807) is 0 Å². The predicted molar refractivity (Wildman–Crippen MR) is 102 cm³/mol. The number of carbonyl (C=O) groups excluding carboxylic acids is 1. The Morgan fingerprint density at radius 1 is 1.13 bits per heavy atom. The fourth-order valence-electron chi connectivity index (χ4n) is 2.98. The van der Waals surface area contributed by atoms with Crippen molar-refractivity contribution in [3.05, 3.63) is 53.6 Å². The Kier molecular flexibility index (Phi) is 6.22. The second kappa shape index (κ2) is 8.52. The average Bonchev–Trinajstić information content (AvgIpc) is 2.72. The van der Waals surface area contributed by atoms with Gasteiger partial charge in [0.1, 0.15) is 5.75 Å². The number of hydrogen-bond donors (Lipinski definition) is 1. The van der Waals surface area contributed by atoms with E-state index in [9.17, 15) is 26.4 Å². The standard InChI is InChI=1S/C19H19F3N2O5S/c1-28-17-7-6-13(12-14(17)18(25)24-8-10-29-11-9-24)30(26,27)23-16-5-3-2-4-15(16)19(20,21)22/h2-7,12,23H,8-11H2,1H3. The molecule has 1 N–H and O–H groups in total. The van der Waals surface area contributed by atoms with Gasteiger partial charge in [-0.1, -0.05) is 12.1 Å². The van der Waals surface area contributed by atoms with Gasteiger partial charge in [-0.15, -0.1) is 0 Å². The van der Waals surface area contributed by atoms with Crippen molar-refractivity contribution in [2.45, 2.75) is 11.1 Å². The lowest BCUT2D eigenvalue weighted by Gasteiger charge is -2.27. The zero-order chi connectivity index (χ0) is 21.9. The second-order valence-electron chi connectivity index (χ2n) is 6.42. The van der Waals surface area contributed by atoms with Gasteiger partial charge in [0.25, 0.3) is 15.9 Å². The Morgan fingerprint density at radius 3 is 2.43 bits per heavy atom. The monoisotopic (exact) mass is 444 g/mol. The Morgan fingerprint density at radius 2 is 1.80 bits per heavy atom. The number of halogens is 3. The molecule has 162 valence electrons. The van der Waals surface area contributed by atoms with Gasteiger partial charge in [0.15, 0.2) is 0 Å². The molecular formula is C19H19F3N2O5S. The Balaban J connectivity index is 1.96. The van der Waals surface area contributed by atoms with Gasteiger partial charge < -0.3 is 14.4 Å². The average molecular weight is 444 g/mol. The molecule has 1 aliphatic rings. The summed E-state index contributed by atoms with van der Waals surface area (Å²) >= 11 is 0. The predicted octanol–water partition coefficient (Wildman–Crippen LogP) is 2.99. The lowest BCUT2D eigenvalue weighted by atomic mass is 10.1. The lowest BCUT2D eigenvalue weighted by Crippen LogP contribution is -2.40. The number of morpholine rings is 1. The van der Waals surface area contributed by atoms with Crippen molar-refractivity contribution in [3.63, 3.8) is 0 Å². The number of sulfonamides is 1. The molecule has 3 rings (SSSR count). The highest BCUT2D eigenvalue weighted by Crippen LogP contribution is 2.35. The Hall–Kier alpha value is -2.79. The molecule has 2 aromatic rings. The molecule has 1 amide bonds. The molecule has 7 nitrogen and oxygen atoms in total. The van der Waals surface area contributed by atoms with Crippen LogP contribution < -0.4 is 9.46 Å². The van der Waals surface area contributed by atoms with E-state index in [0.717, 1.165) is 30.3 Å². The van der Waals surface area contributed by atoms with Crippen LogP contribution >= 0.6 is 0 Å². The number of ether oxygens (including phenoxy) is 2. The minimum absolute atomic E-state index is 0.00798. The van der Waals surface area contributed by atoms with E-state index in [4.69, 9.17) is 9.47 Å². The van der Waals surface area contributed by atoms with Gasteiger partial charge in [-0.3, -0.25) is 9.52 Å². The third-order valence-electron chi connectivity index (χ3n) is 4.49. The van der Waals surface area contributed by atoms with Gasteiger partial charge in [0.05, 0.1) is 42.0 Å². The van der Waals surface area contributed by atoms with Crippen LogP contribution in [0.1, 0.15) is 15.9 Å². The van der Waals surface area contributed by atoms with Gasteiger partial charge >= 0.3 is 6.18 Å². The van der Waals surface area contributed by atoms with Crippen LogP contribution in [0.2, 0.25) is 0 Å². The maximum Gasteiger partial charge on any atom is 0.418 e. The van der Waals surface area contributed by atoms with Gasteiger partial charge in [-0.25, -0.2) is 8.42 Å². The van der Waals surface area contributed by atoms with Crippen LogP contribution in [0.5, 0.6) is 5.75 Å². The van der Waals surface area contributed by atoms with Crippen LogP contribution in [-0.2, 0) is 20.9 Å². The number of anilines is 1. The number of nitrogens with one attached hydrogen (secondary N) is 1. The van der Waals surface area contributed by atoms with Crippen molar-refractivity contribution in [3.8, 4) is 5.75 Å². The molecule has 1 fully saturated rings. The van der Waals surface area contributed by atoms with Crippen molar-refractivity contribution in [1.29, 1.82) is 0 Å². The Labute approximate surface area is 171 Å². The summed E-state index contributed by atoms with van der Waals surface area (Å²) < 4.78 is 77.4. The first-order valence-electron chi connectivity index (χ1n) is 8.87. The number of benzene rings is 2. The molecule has 0 unspecified atom stereocenters. The normalized spacial score (nSPS) is 15.0. The van der Waals surface area contributed by atoms with Crippen molar-refractivity contribution in [2.24, 2.45) is 0 Å². The molecular weight excluding hydrogens is 425 g/mol. The summed E-state index contributed by atoms with van der Waals surface area (Å²) in [6.07, 6.45) is -4.74. The van der Waals surface area contributed by atoms with Crippen molar-refractivity contribution in [2.75, 3.05) is 38.1 Å². The number of amides is 1. The SMILES string of the molecule is COc1ccc(S(=O)(=O)Nc2ccccc2C(F)(F)F)cc1C(=O)N1CCOCC1. The number of methoxy groups -OCH3 is 1. The number of alkyl halides is 3. The summed E-state index contributed by atoms with van der Waals surface area (Å²) in [6.45, 7) is 1.36. The fraction of sp³-hybridized carbons (Fsp3) is 0.316. The molecule has 0 saturated carbocycles. The molecule has 0 aromatic heterocycles. The van der Waals surface area contributed by atoms with E-state index in [0.29, 0.717) is 26.3 Å². The minimum atomic E-state index is -4.74. The Bertz CT molecular complexity index is 1030. The highest BCUT2D eigenvalue weighted by atomic mass is 32.2. The molecule has 0 atom stereocenters. The lowest BCUT2D eigenvalue weighted by molar-refractivity contribution is -0.136. The van der Waals surface area contributed by atoms with E-state index in [-0.39, 0.29) is 16.2 Å². The van der Waals surface area contributed by atoms with Crippen LogP contribution in [0.4, 0.5) is 18.9 Å². The van der Waals surface area contributed by atoms with E-state index in [1.807, 2.05) is 4.72 Å². The molecule has 2 aromatic carbocycles. The molecule has 0 aliphatic carbocycles. The van der Waals surface area contributed by atoms with Crippen LogP contribution in [0, 0.1) is 0 Å². The molecule has 1 heterocycles. The maximum absolute atomic E-state index is 13.2. The van der Waals surface area contributed by atoms with Crippen LogP contribution in [0.25, 0.3) is 0 Å². The first-order valence-corrected chi connectivity index (χ1v) is 10.4. The van der Waals surface area contributed by atoms with Crippen molar-refractivity contribution >= 4 is 21.6 Å². The van der Waals surface area contributed by atoms with E-state index in [2.05, 4.69) is 0 Å². The summed E-state index contributed by atoms with van der Waals surface area (Å²) in [5.74, 6) is -0.302. The first kappa shape index (κ1) is 21.9. The summed E-state index contributed by atoms with van der Waals surface area (Å²) in [6, 6.07) is 7.78. The summed E-state index contributed by atoms with van der Waals surface area (Å²) in [5.41, 5.74) is -1.74. The molecule has 11 heteroatoms. The van der Waals surface area contributed by atoms with Crippen LogP contribution in [0.3, 0.4) is 0 Å². The topological polar surface area (TPSA) is 84.9 Å². The van der Waals surface area contributed by atoms with Gasteiger partial charge in [0, 0.05) is 13.1 Å². The minimum Gasteiger partial charge on any atom is -0.496 e. The van der Waals surface area contributed by atoms with Crippen LogP contribution in [-0.4, -0.2) is 52.6 Å². The van der Waals surface area contributed by atoms with E-state index >= 15 is 0 Å². The zero-order valence-corrected chi connectivity index (χ0v) is 16.7. The smallest absolute Gasteiger partial charge is 0.418 e. The number of rotatable bonds is 5. The molecule has 0 bridgehead atoms. The fourth-order valence-corrected chi connectivity index (χ4v) is 4.09. The molecule has 0 radical (unpaired) electrons. The summed E-state index contributed by atoms with van der Waals surface area (Å²) in [7, 11) is -3.08. The molecule has 1 aliphatic heterocycles. The molecule has 30 heavy (non-hydrogen) atoms. The highest BCUT2D eigenvalue weighted by Gasteiger charge is 2.34. The third kappa shape index (κ3) is 4.68. The maximum atomic E-state index is 13.2. The zero-order valence-electron chi connectivity index (χ0n) is 15.9. The van der Waals surface area contributed by atoms with E-state index < -0.39 is 33.4 Å². The first-order chi connectivity index (χ1) is 14.1. The third-order valence-corrected chi connectivity index (χ3v) is 5.85. The molecule has 0 spiro atoms. The number of para-hydroxylation sites is 1. The number of hydrogen-bond acceptors (Lipinski definition) is 5. The highest BCUT2D eigenvalue weighted by molar-refractivity contribution is 7.92. The molecule has 1 saturated heterocycles. The van der Waals surface area contributed by atoms with Crippen LogP contribution in [0.15, 0.2) is 47.4 Å². The summed E-state index contributed by atoms with van der Waals surface area (Å²) in [5, 5.41) is 0. The van der Waals surface area contributed by atoms with Gasteiger partial charge in [0.2, 0.25) is 0 Å². The number of nitrogens with zero attached hydrogens (tertiary/aromatic N) is 1. The van der Waals surface area contributed by atoms with E-state index in [1.165, 1.54) is 24.1 Å². The quantitative estimate of drug-likeness (QED) is 0.767. The van der Waals surface area contributed by atoms with Gasteiger partial charge in [-0.05, 0) is 30.3 Å². The van der Waals surface area contributed by atoms with Crippen molar-refractivity contribution < 1.29 is 35.9 Å².